The van der Waals surface area contributed by atoms with Gasteiger partial charge in [-0.25, -0.2) is 0 Å². The van der Waals surface area contributed by atoms with Crippen LogP contribution in [-0.4, -0.2) is 19.0 Å². The first kappa shape index (κ1) is 13.3. The normalized spacial score (nSPS) is 14.5. The zero-order chi connectivity index (χ0) is 10.3. The standard InChI is InChI=1S/C11H24OS/c1-5-6-7-12-8-10(9-13)11(2,3)4/h10,13H,5-9H2,1-4H3. The molecule has 0 fully saturated rings. The summed E-state index contributed by atoms with van der Waals surface area (Å²) in [6.45, 7) is 10.7. The molecule has 0 aliphatic heterocycles. The van der Waals surface area contributed by atoms with Gasteiger partial charge in [0.1, 0.15) is 0 Å². The molecule has 1 nitrogen and oxygen atoms in total. The van der Waals surface area contributed by atoms with Crippen LogP contribution in [0, 0.1) is 11.3 Å². The molecule has 0 aromatic rings. The average molecular weight is 204 g/mol. The highest BCUT2D eigenvalue weighted by Crippen LogP contribution is 2.26. The van der Waals surface area contributed by atoms with E-state index in [-0.39, 0.29) is 0 Å². The van der Waals surface area contributed by atoms with Gasteiger partial charge in [-0.3, -0.25) is 0 Å². The van der Waals surface area contributed by atoms with E-state index >= 15 is 0 Å². The van der Waals surface area contributed by atoms with Gasteiger partial charge in [-0.15, -0.1) is 0 Å². The van der Waals surface area contributed by atoms with Crippen LogP contribution < -0.4 is 0 Å². The van der Waals surface area contributed by atoms with Gasteiger partial charge in [-0.2, -0.15) is 12.6 Å². The fraction of sp³-hybridized carbons (Fsp3) is 1.00. The van der Waals surface area contributed by atoms with E-state index in [0.717, 1.165) is 19.0 Å². The van der Waals surface area contributed by atoms with Crippen molar-refractivity contribution in [2.24, 2.45) is 11.3 Å². The molecular formula is C11H24OS. The van der Waals surface area contributed by atoms with Crippen LogP contribution in [-0.2, 0) is 4.74 Å². The van der Waals surface area contributed by atoms with Gasteiger partial charge < -0.3 is 4.74 Å². The average Bonchev–Trinajstić information content (AvgIpc) is 2.02. The fourth-order valence-corrected chi connectivity index (χ4v) is 1.70. The van der Waals surface area contributed by atoms with Gasteiger partial charge in [0, 0.05) is 6.61 Å². The monoisotopic (exact) mass is 204 g/mol. The molecule has 2 heteroatoms. The number of hydrogen-bond acceptors (Lipinski definition) is 2. The van der Waals surface area contributed by atoms with Crippen LogP contribution in [0.3, 0.4) is 0 Å². The van der Waals surface area contributed by atoms with E-state index in [4.69, 9.17) is 4.74 Å². The first-order chi connectivity index (χ1) is 6.02. The molecule has 13 heavy (non-hydrogen) atoms. The summed E-state index contributed by atoms with van der Waals surface area (Å²) in [4.78, 5) is 0. The predicted molar refractivity (Wildman–Crippen MR) is 62.5 cm³/mol. The fourth-order valence-electron chi connectivity index (χ4n) is 1.05. The topological polar surface area (TPSA) is 9.23 Å². The lowest BCUT2D eigenvalue weighted by Crippen LogP contribution is -2.26. The number of rotatable bonds is 6. The van der Waals surface area contributed by atoms with Crippen LogP contribution >= 0.6 is 12.6 Å². The largest absolute Gasteiger partial charge is 0.381 e. The molecule has 0 aliphatic rings. The van der Waals surface area contributed by atoms with Crippen LogP contribution in [0.1, 0.15) is 40.5 Å². The minimum atomic E-state index is 0.313. The van der Waals surface area contributed by atoms with Gasteiger partial charge in [0.2, 0.25) is 0 Å². The van der Waals surface area contributed by atoms with Gasteiger partial charge in [0.25, 0.3) is 0 Å². The predicted octanol–water partition coefficient (Wildman–Crippen LogP) is 3.40. The number of thiol groups is 1. The van der Waals surface area contributed by atoms with Crippen LogP contribution in [0.4, 0.5) is 0 Å². The third-order valence-electron chi connectivity index (χ3n) is 2.41. The van der Waals surface area contributed by atoms with Crippen molar-refractivity contribution < 1.29 is 4.74 Å². The van der Waals surface area contributed by atoms with Crippen molar-refractivity contribution in [3.05, 3.63) is 0 Å². The van der Waals surface area contributed by atoms with Crippen molar-refractivity contribution in [1.29, 1.82) is 0 Å². The zero-order valence-corrected chi connectivity index (χ0v) is 10.4. The molecule has 0 radical (unpaired) electrons. The van der Waals surface area contributed by atoms with Crippen molar-refractivity contribution in [3.8, 4) is 0 Å². The van der Waals surface area contributed by atoms with Gasteiger partial charge in [-0.05, 0) is 23.5 Å². The SMILES string of the molecule is CCCCOCC(CS)C(C)(C)C. The molecule has 0 bridgehead atoms. The second-order valence-electron chi connectivity index (χ2n) is 4.67. The molecule has 0 amide bonds. The van der Waals surface area contributed by atoms with Gasteiger partial charge >= 0.3 is 0 Å². The molecule has 0 saturated carbocycles. The van der Waals surface area contributed by atoms with Crippen LogP contribution in [0.25, 0.3) is 0 Å². The Hall–Kier alpha value is 0.310. The lowest BCUT2D eigenvalue weighted by Gasteiger charge is -2.29. The summed E-state index contributed by atoms with van der Waals surface area (Å²) < 4.78 is 5.60. The summed E-state index contributed by atoms with van der Waals surface area (Å²) in [7, 11) is 0. The molecule has 1 unspecified atom stereocenters. The van der Waals surface area contributed by atoms with Crippen molar-refractivity contribution in [2.45, 2.75) is 40.5 Å². The molecule has 0 N–H and O–H groups in total. The summed E-state index contributed by atoms with van der Waals surface area (Å²) in [5.74, 6) is 1.48. The highest BCUT2D eigenvalue weighted by atomic mass is 32.1. The Balaban J connectivity index is 3.61. The quantitative estimate of drug-likeness (QED) is 0.515. The molecule has 0 aromatic heterocycles. The highest BCUT2D eigenvalue weighted by molar-refractivity contribution is 7.80. The Bertz CT molecular complexity index is 118. The molecule has 0 aliphatic carbocycles. The molecule has 0 saturated heterocycles. The maximum atomic E-state index is 5.60. The van der Waals surface area contributed by atoms with Crippen LogP contribution in [0.5, 0.6) is 0 Å². The van der Waals surface area contributed by atoms with Crippen molar-refractivity contribution in [3.63, 3.8) is 0 Å². The van der Waals surface area contributed by atoms with Crippen LogP contribution in [0.2, 0.25) is 0 Å². The Labute approximate surface area is 88.7 Å². The Morgan fingerprint density at radius 1 is 1.31 bits per heavy atom. The highest BCUT2D eigenvalue weighted by Gasteiger charge is 2.22. The Kier molecular flexibility index (Phi) is 6.88. The molecule has 0 aromatic carbocycles. The number of hydrogen-bond donors (Lipinski definition) is 1. The van der Waals surface area contributed by atoms with E-state index in [2.05, 4.69) is 40.3 Å². The van der Waals surface area contributed by atoms with Crippen molar-refractivity contribution >= 4 is 12.6 Å². The van der Waals surface area contributed by atoms with E-state index in [0.29, 0.717) is 11.3 Å². The zero-order valence-electron chi connectivity index (χ0n) is 9.47. The Morgan fingerprint density at radius 3 is 2.31 bits per heavy atom. The molecule has 0 spiro atoms. The molecule has 1 atom stereocenters. The van der Waals surface area contributed by atoms with E-state index in [1.54, 1.807) is 0 Å². The summed E-state index contributed by atoms with van der Waals surface area (Å²) in [6.07, 6.45) is 2.38. The van der Waals surface area contributed by atoms with E-state index in [1.807, 2.05) is 0 Å². The second-order valence-corrected chi connectivity index (χ2v) is 5.04. The van der Waals surface area contributed by atoms with E-state index < -0.39 is 0 Å². The first-order valence-electron chi connectivity index (χ1n) is 5.21. The van der Waals surface area contributed by atoms with Gasteiger partial charge in [0.05, 0.1) is 6.61 Å². The van der Waals surface area contributed by atoms with Gasteiger partial charge in [0.15, 0.2) is 0 Å². The minimum Gasteiger partial charge on any atom is -0.381 e. The smallest absolute Gasteiger partial charge is 0.0507 e. The van der Waals surface area contributed by atoms with Crippen molar-refractivity contribution in [2.75, 3.05) is 19.0 Å². The first-order valence-corrected chi connectivity index (χ1v) is 5.84. The lowest BCUT2D eigenvalue weighted by molar-refractivity contribution is 0.0647. The molecule has 0 heterocycles. The van der Waals surface area contributed by atoms with E-state index in [9.17, 15) is 0 Å². The maximum absolute atomic E-state index is 5.60. The molecule has 0 rings (SSSR count). The minimum absolute atomic E-state index is 0.313. The van der Waals surface area contributed by atoms with Gasteiger partial charge in [-0.1, -0.05) is 34.1 Å². The Morgan fingerprint density at radius 2 is 1.92 bits per heavy atom. The second kappa shape index (κ2) is 6.72. The van der Waals surface area contributed by atoms with Crippen LogP contribution in [0.15, 0.2) is 0 Å². The van der Waals surface area contributed by atoms with Crippen molar-refractivity contribution in [1.82, 2.24) is 0 Å². The molecule has 80 valence electrons. The summed E-state index contributed by atoms with van der Waals surface area (Å²) in [5.41, 5.74) is 0.313. The van der Waals surface area contributed by atoms with E-state index in [1.165, 1.54) is 12.8 Å². The number of ether oxygens (including phenoxy) is 1. The summed E-state index contributed by atoms with van der Waals surface area (Å²) in [5, 5.41) is 0. The summed E-state index contributed by atoms with van der Waals surface area (Å²) >= 11 is 4.35. The third kappa shape index (κ3) is 6.39. The molecular weight excluding hydrogens is 180 g/mol. The third-order valence-corrected chi connectivity index (χ3v) is 2.85. The maximum Gasteiger partial charge on any atom is 0.0507 e. The summed E-state index contributed by atoms with van der Waals surface area (Å²) in [6, 6.07) is 0. The lowest BCUT2D eigenvalue weighted by atomic mass is 9.82. The number of unbranched alkanes of at least 4 members (excludes halogenated alkanes) is 1.